The fraction of sp³-hybridized carbons (Fsp3) is 0.893. The Hall–Kier alpha value is -0.430. The summed E-state index contributed by atoms with van der Waals surface area (Å²) in [5.74, 6) is -23.3. The molecule has 0 fully saturated rings. The molecule has 242 valence electrons. The number of imidazole rings is 1. The lowest BCUT2D eigenvalue weighted by Crippen LogP contribution is -2.61. The number of aromatic nitrogens is 2. The summed E-state index contributed by atoms with van der Waals surface area (Å²) in [5.41, 5.74) is 0. The van der Waals surface area contributed by atoms with E-state index in [9.17, 15) is 35.1 Å². The highest BCUT2D eigenvalue weighted by Crippen LogP contribution is 2.53. The van der Waals surface area contributed by atoms with Crippen molar-refractivity contribution in [3.63, 3.8) is 0 Å². The molecule has 0 N–H and O–H groups in total. The molecule has 0 saturated heterocycles. The average molecular weight is 659 g/mol. The summed E-state index contributed by atoms with van der Waals surface area (Å²) in [6.07, 6.45) is 17.4. The SMILES string of the molecule is CCCCCCCCCCCCCCCCCCn1c(S)c(S)n(CCC(F)(F)C(F)(F)C(F)(F)C(C)(F)F)c1=S. The van der Waals surface area contributed by atoms with Gasteiger partial charge in [0.2, 0.25) is 0 Å². The van der Waals surface area contributed by atoms with Crippen LogP contribution in [0.2, 0.25) is 0 Å². The second-order valence-corrected chi connectivity index (χ2v) is 12.2. The fourth-order valence-corrected chi connectivity index (χ4v) is 5.84. The van der Waals surface area contributed by atoms with Gasteiger partial charge in [-0.3, -0.25) is 0 Å². The van der Waals surface area contributed by atoms with Gasteiger partial charge in [0, 0.05) is 26.4 Å². The van der Waals surface area contributed by atoms with Crippen LogP contribution in [0.5, 0.6) is 0 Å². The maximum atomic E-state index is 14.1. The van der Waals surface area contributed by atoms with E-state index in [2.05, 4.69) is 32.2 Å². The lowest BCUT2D eigenvalue weighted by atomic mass is 9.97. The maximum absolute atomic E-state index is 14.1. The van der Waals surface area contributed by atoms with Crippen LogP contribution >= 0.6 is 37.5 Å². The Labute approximate surface area is 255 Å². The topological polar surface area (TPSA) is 9.86 Å². The van der Waals surface area contributed by atoms with E-state index in [1.807, 2.05) is 0 Å². The minimum atomic E-state index is -6.28. The van der Waals surface area contributed by atoms with Crippen LogP contribution in [0, 0.1) is 4.77 Å². The molecule has 1 rings (SSSR count). The standard InChI is InChI=1S/C28H46F8N2S3/c1-3-4-5-6-7-8-9-10-11-12-13-14-15-16-17-18-20-37-22(39)23(40)38(24(37)41)21-19-26(31,32)28(35,36)27(33,34)25(2,29)30/h39-40H,3-21H2,1-2H3. The smallest absolute Gasteiger partial charge is 0.311 e. The molecule has 0 saturated carbocycles. The van der Waals surface area contributed by atoms with Gasteiger partial charge in [-0.15, -0.1) is 25.3 Å². The minimum absolute atomic E-state index is 0.00141. The molecule has 0 atom stereocenters. The second-order valence-electron chi connectivity index (χ2n) is 11.0. The molecule has 41 heavy (non-hydrogen) atoms. The zero-order valence-electron chi connectivity index (χ0n) is 24.2. The molecule has 0 aromatic carbocycles. The summed E-state index contributed by atoms with van der Waals surface area (Å²) in [4.78, 5) is 0. The van der Waals surface area contributed by atoms with Crippen molar-refractivity contribution in [2.45, 2.75) is 170 Å². The molecule has 1 aromatic rings. The zero-order chi connectivity index (χ0) is 31.3. The van der Waals surface area contributed by atoms with Crippen LogP contribution in [0.4, 0.5) is 35.1 Å². The van der Waals surface area contributed by atoms with Gasteiger partial charge in [0.25, 0.3) is 0 Å². The third-order valence-corrected chi connectivity index (χ3v) is 8.99. The first-order valence-corrected chi connectivity index (χ1v) is 16.1. The molecule has 0 unspecified atom stereocenters. The van der Waals surface area contributed by atoms with Crippen LogP contribution in [0.25, 0.3) is 0 Å². The zero-order valence-corrected chi connectivity index (χ0v) is 26.8. The molecule has 0 aliphatic rings. The molecule has 1 aromatic heterocycles. The number of hydrogen-bond acceptors (Lipinski definition) is 3. The van der Waals surface area contributed by atoms with Crippen molar-refractivity contribution in [2.24, 2.45) is 0 Å². The Bertz CT molecular complexity index is 942. The van der Waals surface area contributed by atoms with Gasteiger partial charge in [-0.1, -0.05) is 103 Å². The van der Waals surface area contributed by atoms with E-state index in [-0.39, 0.29) is 14.8 Å². The van der Waals surface area contributed by atoms with Crippen molar-refractivity contribution in [3.05, 3.63) is 4.77 Å². The Morgan fingerprint density at radius 1 is 0.561 bits per heavy atom. The number of alkyl halides is 8. The molecule has 2 nitrogen and oxygen atoms in total. The van der Waals surface area contributed by atoms with Crippen LogP contribution in [-0.2, 0) is 13.1 Å². The molecule has 0 bridgehead atoms. The Morgan fingerprint density at radius 2 is 0.902 bits per heavy atom. The first-order valence-electron chi connectivity index (χ1n) is 14.8. The first-order chi connectivity index (χ1) is 19.0. The predicted molar refractivity (Wildman–Crippen MR) is 157 cm³/mol. The van der Waals surface area contributed by atoms with E-state index in [0.29, 0.717) is 13.0 Å². The molecule has 0 aliphatic carbocycles. The lowest BCUT2D eigenvalue weighted by Gasteiger charge is -2.35. The van der Waals surface area contributed by atoms with Gasteiger partial charge in [-0.2, -0.15) is 35.1 Å². The largest absolute Gasteiger partial charge is 0.378 e. The van der Waals surface area contributed by atoms with Crippen molar-refractivity contribution >= 4 is 37.5 Å². The molecule has 0 aliphatic heterocycles. The molecule has 0 radical (unpaired) electrons. The Kier molecular flexibility index (Phi) is 16.7. The van der Waals surface area contributed by atoms with E-state index in [1.165, 1.54) is 75.2 Å². The van der Waals surface area contributed by atoms with Crippen LogP contribution < -0.4 is 0 Å². The van der Waals surface area contributed by atoms with E-state index < -0.39 is 43.6 Å². The van der Waals surface area contributed by atoms with Crippen molar-refractivity contribution in [3.8, 4) is 0 Å². The molecular formula is C28H46F8N2S3. The van der Waals surface area contributed by atoms with Crippen LogP contribution in [0.3, 0.4) is 0 Å². The number of thiol groups is 2. The monoisotopic (exact) mass is 658 g/mol. The highest BCUT2D eigenvalue weighted by atomic mass is 32.1. The van der Waals surface area contributed by atoms with E-state index in [0.717, 1.165) is 30.3 Å². The number of rotatable bonds is 23. The van der Waals surface area contributed by atoms with Gasteiger partial charge in [-0.25, -0.2) is 0 Å². The van der Waals surface area contributed by atoms with Gasteiger partial charge in [0.15, 0.2) is 4.77 Å². The summed E-state index contributed by atoms with van der Waals surface area (Å²) in [5, 5.41) is 0.223. The van der Waals surface area contributed by atoms with Gasteiger partial charge in [-0.05, 0) is 18.6 Å². The van der Waals surface area contributed by atoms with Crippen LogP contribution in [0.1, 0.15) is 123 Å². The minimum Gasteiger partial charge on any atom is -0.311 e. The average Bonchev–Trinajstić information content (AvgIpc) is 3.08. The van der Waals surface area contributed by atoms with Gasteiger partial charge < -0.3 is 9.13 Å². The maximum Gasteiger partial charge on any atom is 0.378 e. The normalized spacial score (nSPS) is 13.4. The van der Waals surface area contributed by atoms with Crippen LogP contribution in [-0.4, -0.2) is 32.8 Å². The van der Waals surface area contributed by atoms with Crippen molar-refractivity contribution in [1.82, 2.24) is 9.13 Å². The summed E-state index contributed by atoms with van der Waals surface area (Å²) < 4.78 is 111. The summed E-state index contributed by atoms with van der Waals surface area (Å²) in [6, 6.07) is 0. The summed E-state index contributed by atoms with van der Waals surface area (Å²) in [6.45, 7) is 1.17. The third kappa shape index (κ3) is 11.2. The summed E-state index contributed by atoms with van der Waals surface area (Å²) >= 11 is 13.7. The Morgan fingerprint density at radius 3 is 1.27 bits per heavy atom. The van der Waals surface area contributed by atoms with Gasteiger partial charge in [0.1, 0.15) is 10.1 Å². The number of hydrogen-bond donors (Lipinski definition) is 2. The Balaban J connectivity index is 2.41. The number of halogens is 8. The molecule has 0 amide bonds. The quantitative estimate of drug-likeness (QED) is 0.0515. The highest BCUT2D eigenvalue weighted by molar-refractivity contribution is 7.83. The van der Waals surface area contributed by atoms with Crippen molar-refractivity contribution in [1.29, 1.82) is 0 Å². The van der Waals surface area contributed by atoms with Crippen molar-refractivity contribution < 1.29 is 35.1 Å². The lowest BCUT2D eigenvalue weighted by molar-refractivity contribution is -0.363. The number of unbranched alkanes of at least 4 members (excludes halogenated alkanes) is 15. The molecule has 13 heteroatoms. The van der Waals surface area contributed by atoms with E-state index in [1.54, 1.807) is 0 Å². The number of nitrogens with zero attached hydrogens (tertiary/aromatic N) is 2. The van der Waals surface area contributed by atoms with Gasteiger partial charge >= 0.3 is 23.7 Å². The molecular weight excluding hydrogens is 613 g/mol. The first kappa shape index (κ1) is 38.6. The third-order valence-electron chi connectivity index (χ3n) is 7.46. The predicted octanol–water partition coefficient (Wildman–Crippen LogP) is 11.8. The molecule has 0 spiro atoms. The van der Waals surface area contributed by atoms with E-state index >= 15 is 0 Å². The fourth-order valence-electron chi connectivity index (χ4n) is 4.70. The summed E-state index contributed by atoms with van der Waals surface area (Å²) in [7, 11) is 0. The van der Waals surface area contributed by atoms with Crippen LogP contribution in [0.15, 0.2) is 10.1 Å². The highest BCUT2D eigenvalue weighted by Gasteiger charge is 2.78. The van der Waals surface area contributed by atoms with Crippen molar-refractivity contribution in [2.75, 3.05) is 0 Å². The molecule has 1 heterocycles. The van der Waals surface area contributed by atoms with Gasteiger partial charge in [0.05, 0.1) is 0 Å². The van der Waals surface area contributed by atoms with E-state index in [4.69, 9.17) is 12.2 Å². The second kappa shape index (κ2) is 17.8.